The van der Waals surface area contributed by atoms with Crippen molar-refractivity contribution in [2.24, 2.45) is 0 Å². The number of likely N-dealkylation sites (tertiary alicyclic amines) is 1. The molecule has 0 bridgehead atoms. The molecule has 0 spiro atoms. The van der Waals surface area contributed by atoms with Crippen LogP contribution < -0.4 is 17.2 Å². The Bertz CT molecular complexity index is 1380. The van der Waals surface area contributed by atoms with Crippen LogP contribution in [-0.2, 0) is 4.74 Å². The molecule has 0 aromatic heterocycles. The number of amides is 2. The van der Waals surface area contributed by atoms with Gasteiger partial charge in [-0.15, -0.1) is 0 Å². The van der Waals surface area contributed by atoms with Gasteiger partial charge in [-0.3, -0.25) is 24.6 Å². The van der Waals surface area contributed by atoms with Gasteiger partial charge < -0.3 is 31.9 Å². The number of esters is 1. The van der Waals surface area contributed by atoms with Crippen LogP contribution in [0.1, 0.15) is 65.4 Å². The molecule has 2 aliphatic rings. The van der Waals surface area contributed by atoms with E-state index in [1.54, 1.807) is 6.92 Å². The van der Waals surface area contributed by atoms with Gasteiger partial charge in [0.25, 0.3) is 17.5 Å². The molecule has 0 radical (unpaired) electrons. The van der Waals surface area contributed by atoms with E-state index in [2.05, 4.69) is 9.64 Å². The Balaban J connectivity index is 0.000000219. The molecule has 2 aromatic carbocycles. The number of benzene rings is 2. The first-order chi connectivity index (χ1) is 18.3. The van der Waals surface area contributed by atoms with Crippen LogP contribution in [0.4, 0.5) is 22.7 Å². The summed E-state index contributed by atoms with van der Waals surface area (Å²) in [5.41, 5.74) is 17.4. The summed E-state index contributed by atoms with van der Waals surface area (Å²) in [4.78, 5) is 61.0. The lowest BCUT2D eigenvalue weighted by Gasteiger charge is -2.19. The number of rotatable bonds is 6. The van der Waals surface area contributed by atoms with Crippen LogP contribution >= 0.6 is 0 Å². The monoisotopic (exact) mass is 542 g/mol. The van der Waals surface area contributed by atoms with Gasteiger partial charge in [0, 0.05) is 18.7 Å². The normalized spacial score (nSPS) is 14.6. The van der Waals surface area contributed by atoms with Gasteiger partial charge in [-0.25, -0.2) is 9.59 Å². The first kappa shape index (κ1) is 28.8. The standard InChI is InChI=1S/C15H20N4O2.C10H10N2O6/c1-9-12-10(8-11(16)13(9)17)14(20)19(15(12)21)7-6-18-4-2-3-5-18;1-4-7(9(13)14)5(10(15)18-2)3-6(11)8(4)12(16)17/h8H,2-7,16-17H2,1H3;3H,11H2,1-2H3,(H,13,14). The molecular formula is C25H30N6O8. The summed E-state index contributed by atoms with van der Waals surface area (Å²) in [6.45, 7) is 6.19. The lowest BCUT2D eigenvalue weighted by molar-refractivity contribution is -0.384. The maximum Gasteiger partial charge on any atom is 0.338 e. The molecule has 39 heavy (non-hydrogen) atoms. The maximum atomic E-state index is 12.5. The van der Waals surface area contributed by atoms with Crippen LogP contribution in [0.3, 0.4) is 0 Å². The molecule has 1 saturated heterocycles. The fourth-order valence-corrected chi connectivity index (χ4v) is 4.75. The minimum absolute atomic E-state index is 0.187. The average Bonchev–Trinajstić information content (AvgIpc) is 3.46. The number of nitro groups is 1. The van der Waals surface area contributed by atoms with Crippen molar-refractivity contribution in [2.75, 3.05) is 50.5 Å². The number of hydrogen-bond donors (Lipinski definition) is 4. The first-order valence-electron chi connectivity index (χ1n) is 12.0. The van der Waals surface area contributed by atoms with E-state index in [0.29, 0.717) is 34.6 Å². The van der Waals surface area contributed by atoms with Gasteiger partial charge >= 0.3 is 11.9 Å². The maximum absolute atomic E-state index is 12.5. The fourth-order valence-electron chi connectivity index (χ4n) is 4.75. The second-order valence-corrected chi connectivity index (χ2v) is 9.15. The lowest BCUT2D eigenvalue weighted by Crippen LogP contribution is -2.37. The third-order valence-electron chi connectivity index (χ3n) is 6.81. The van der Waals surface area contributed by atoms with Crippen LogP contribution in [0.15, 0.2) is 12.1 Å². The van der Waals surface area contributed by atoms with E-state index in [0.717, 1.165) is 32.8 Å². The number of hydrogen-bond acceptors (Lipinski definition) is 11. The van der Waals surface area contributed by atoms with Crippen molar-refractivity contribution < 1.29 is 33.9 Å². The van der Waals surface area contributed by atoms with Crippen molar-refractivity contribution in [3.05, 3.63) is 55.6 Å². The summed E-state index contributed by atoms with van der Waals surface area (Å²) < 4.78 is 4.41. The second kappa shape index (κ2) is 11.3. The highest BCUT2D eigenvalue weighted by atomic mass is 16.6. The number of nitrogen functional groups attached to an aromatic ring is 3. The Hall–Kier alpha value is -4.72. The largest absolute Gasteiger partial charge is 0.478 e. The van der Waals surface area contributed by atoms with E-state index < -0.39 is 28.1 Å². The number of nitrogens with two attached hydrogens (primary N) is 3. The molecule has 0 saturated carbocycles. The van der Waals surface area contributed by atoms with E-state index in [1.807, 2.05) is 0 Å². The summed E-state index contributed by atoms with van der Waals surface area (Å²) in [6, 6.07) is 2.45. The highest BCUT2D eigenvalue weighted by Crippen LogP contribution is 2.33. The van der Waals surface area contributed by atoms with Crippen molar-refractivity contribution >= 4 is 46.5 Å². The van der Waals surface area contributed by atoms with E-state index >= 15 is 0 Å². The van der Waals surface area contributed by atoms with E-state index in [1.165, 1.54) is 30.7 Å². The van der Waals surface area contributed by atoms with E-state index in [4.69, 9.17) is 22.3 Å². The number of fused-ring (bicyclic) bond motifs is 1. The van der Waals surface area contributed by atoms with Crippen molar-refractivity contribution in [3.8, 4) is 0 Å². The van der Waals surface area contributed by atoms with Crippen LogP contribution in [0.5, 0.6) is 0 Å². The van der Waals surface area contributed by atoms with Gasteiger partial charge in [0.05, 0.1) is 45.7 Å². The predicted octanol–water partition coefficient (Wildman–Crippen LogP) is 1.82. The van der Waals surface area contributed by atoms with Crippen LogP contribution in [0, 0.1) is 24.0 Å². The summed E-state index contributed by atoms with van der Waals surface area (Å²) in [5, 5.41) is 19.8. The zero-order valence-corrected chi connectivity index (χ0v) is 21.8. The van der Waals surface area contributed by atoms with Crippen molar-refractivity contribution in [3.63, 3.8) is 0 Å². The molecule has 0 atom stereocenters. The number of ether oxygens (including phenoxy) is 1. The SMILES string of the molecule is COC(=O)c1cc(N)c([N+](=O)[O-])c(C)c1C(=O)O.Cc1c(N)c(N)cc2c1C(=O)N(CCN1CCCC1)C2=O. The molecule has 2 heterocycles. The average molecular weight is 543 g/mol. The quantitative estimate of drug-likeness (QED) is 0.135. The van der Waals surface area contributed by atoms with Gasteiger partial charge in [-0.2, -0.15) is 0 Å². The van der Waals surface area contributed by atoms with Crippen molar-refractivity contribution in [1.29, 1.82) is 0 Å². The number of aromatic carboxylic acids is 1. The molecule has 2 aliphatic heterocycles. The Morgan fingerprint density at radius 3 is 2.18 bits per heavy atom. The summed E-state index contributed by atoms with van der Waals surface area (Å²) in [7, 11) is 1.07. The molecule has 1 fully saturated rings. The molecule has 14 heteroatoms. The summed E-state index contributed by atoms with van der Waals surface area (Å²) in [5.74, 6) is -2.89. The second-order valence-electron chi connectivity index (χ2n) is 9.15. The van der Waals surface area contributed by atoms with Crippen LogP contribution in [0.2, 0.25) is 0 Å². The smallest absolute Gasteiger partial charge is 0.338 e. The molecular weight excluding hydrogens is 512 g/mol. The number of carbonyl (C=O) groups is 4. The first-order valence-corrected chi connectivity index (χ1v) is 12.0. The third kappa shape index (κ3) is 5.45. The Labute approximate surface area is 223 Å². The Kier molecular flexibility index (Phi) is 8.39. The number of methoxy groups -OCH3 is 1. The number of carboxylic acid groups (broad SMARTS) is 1. The number of anilines is 3. The topological polar surface area (TPSA) is 225 Å². The molecule has 4 rings (SSSR count). The highest BCUT2D eigenvalue weighted by Gasteiger charge is 2.38. The van der Waals surface area contributed by atoms with Gasteiger partial charge in [-0.1, -0.05) is 0 Å². The molecule has 2 aromatic rings. The molecule has 0 unspecified atom stereocenters. The third-order valence-corrected chi connectivity index (χ3v) is 6.81. The minimum Gasteiger partial charge on any atom is -0.478 e. The zero-order valence-electron chi connectivity index (χ0n) is 21.8. The van der Waals surface area contributed by atoms with E-state index in [9.17, 15) is 29.3 Å². The lowest BCUT2D eigenvalue weighted by atomic mass is 9.99. The van der Waals surface area contributed by atoms with Gasteiger partial charge in [0.1, 0.15) is 5.69 Å². The zero-order chi connectivity index (χ0) is 29.2. The predicted molar refractivity (Wildman–Crippen MR) is 142 cm³/mol. The Morgan fingerprint density at radius 2 is 1.64 bits per heavy atom. The molecule has 14 nitrogen and oxygen atoms in total. The molecule has 208 valence electrons. The number of imide groups is 1. The summed E-state index contributed by atoms with van der Waals surface area (Å²) >= 11 is 0. The van der Waals surface area contributed by atoms with Gasteiger partial charge in [0.15, 0.2) is 0 Å². The number of carbonyl (C=O) groups excluding carboxylic acids is 3. The Morgan fingerprint density at radius 1 is 1.03 bits per heavy atom. The fraction of sp³-hybridized carbons (Fsp3) is 0.360. The summed E-state index contributed by atoms with van der Waals surface area (Å²) in [6.07, 6.45) is 2.38. The van der Waals surface area contributed by atoms with Gasteiger partial charge in [0.2, 0.25) is 0 Å². The van der Waals surface area contributed by atoms with Crippen molar-refractivity contribution in [2.45, 2.75) is 26.7 Å². The number of carboxylic acids is 1. The van der Waals surface area contributed by atoms with Gasteiger partial charge in [-0.05, 0) is 57.5 Å². The van der Waals surface area contributed by atoms with Crippen LogP contribution in [-0.4, -0.2) is 76.9 Å². The minimum atomic E-state index is -1.46. The highest BCUT2D eigenvalue weighted by molar-refractivity contribution is 6.23. The number of nitrogens with zero attached hydrogens (tertiary/aromatic N) is 3. The molecule has 0 aliphatic carbocycles. The van der Waals surface area contributed by atoms with E-state index in [-0.39, 0.29) is 28.6 Å². The van der Waals surface area contributed by atoms with Crippen molar-refractivity contribution in [1.82, 2.24) is 9.80 Å². The van der Waals surface area contributed by atoms with Crippen LogP contribution in [0.25, 0.3) is 0 Å². The molecule has 2 amide bonds. The molecule has 7 N–H and O–H groups in total. The number of nitro benzene ring substituents is 1.